The van der Waals surface area contributed by atoms with Gasteiger partial charge in [0, 0.05) is 32.7 Å². The van der Waals surface area contributed by atoms with E-state index in [4.69, 9.17) is 5.73 Å². The van der Waals surface area contributed by atoms with E-state index in [1.54, 1.807) is 23.1 Å². The molecule has 1 unspecified atom stereocenters. The molecule has 0 fully saturated rings. The van der Waals surface area contributed by atoms with Gasteiger partial charge in [-0.2, -0.15) is 0 Å². The van der Waals surface area contributed by atoms with Gasteiger partial charge >= 0.3 is 0 Å². The van der Waals surface area contributed by atoms with E-state index >= 15 is 0 Å². The predicted molar refractivity (Wildman–Crippen MR) is 81.2 cm³/mol. The van der Waals surface area contributed by atoms with Gasteiger partial charge in [0.1, 0.15) is 0 Å². The number of aromatic nitrogens is 2. The van der Waals surface area contributed by atoms with Crippen LogP contribution in [0.5, 0.6) is 0 Å². The van der Waals surface area contributed by atoms with Gasteiger partial charge in [-0.3, -0.25) is 0 Å². The Labute approximate surface area is 123 Å². The van der Waals surface area contributed by atoms with Crippen molar-refractivity contribution in [2.45, 2.75) is 24.3 Å². The van der Waals surface area contributed by atoms with Crippen LogP contribution in [0.3, 0.4) is 0 Å². The van der Waals surface area contributed by atoms with Crippen LogP contribution in [0.25, 0.3) is 0 Å². The van der Waals surface area contributed by atoms with E-state index in [1.165, 1.54) is 4.88 Å². The van der Waals surface area contributed by atoms with Gasteiger partial charge in [-0.15, -0.1) is 11.3 Å². The van der Waals surface area contributed by atoms with Crippen LogP contribution in [0.2, 0.25) is 0 Å². The molecule has 2 N–H and O–H groups in total. The summed E-state index contributed by atoms with van der Waals surface area (Å²) in [5.74, 6) is 0. The van der Waals surface area contributed by atoms with Crippen LogP contribution in [0.1, 0.15) is 21.5 Å². The molecule has 0 spiro atoms. The molecule has 1 atom stereocenters. The van der Waals surface area contributed by atoms with Crippen molar-refractivity contribution in [1.29, 1.82) is 0 Å². The summed E-state index contributed by atoms with van der Waals surface area (Å²) in [6.45, 7) is 4.55. The Morgan fingerprint density at radius 3 is 2.50 bits per heavy atom. The minimum Gasteiger partial charge on any atom is -0.329 e. The van der Waals surface area contributed by atoms with Crippen molar-refractivity contribution < 1.29 is 0 Å². The van der Waals surface area contributed by atoms with Crippen molar-refractivity contribution in [2.75, 3.05) is 6.54 Å². The molecule has 0 aliphatic rings. The van der Waals surface area contributed by atoms with Crippen LogP contribution < -0.4 is 5.73 Å². The Morgan fingerprint density at radius 1 is 1.33 bits per heavy atom. The average molecular weight is 344 g/mol. The lowest BCUT2D eigenvalue weighted by molar-refractivity contribution is 0.882. The fourth-order valence-electron chi connectivity index (χ4n) is 1.59. The molecule has 0 aromatic carbocycles. The summed E-state index contributed by atoms with van der Waals surface area (Å²) < 4.78 is 1.10. The Bertz CT molecular complexity index is 522. The number of rotatable bonds is 4. The molecule has 96 valence electrons. The maximum absolute atomic E-state index is 5.85. The molecule has 0 saturated heterocycles. The zero-order valence-corrected chi connectivity index (χ0v) is 13.4. The van der Waals surface area contributed by atoms with E-state index in [-0.39, 0.29) is 5.25 Å². The van der Waals surface area contributed by atoms with Crippen LogP contribution >= 0.6 is 39.0 Å². The lowest BCUT2D eigenvalue weighted by atomic mass is 10.3. The fraction of sp³-hybridized carbons (Fsp3) is 0.333. The van der Waals surface area contributed by atoms with Crippen molar-refractivity contribution in [3.8, 4) is 0 Å². The molecular formula is C12H14BrN3S2. The number of aryl methyl sites for hydroxylation is 2. The monoisotopic (exact) mass is 343 g/mol. The maximum Gasteiger partial charge on any atom is 0.188 e. The first-order valence-electron chi connectivity index (χ1n) is 5.51. The summed E-state index contributed by atoms with van der Waals surface area (Å²) in [6, 6.07) is 4.08. The van der Waals surface area contributed by atoms with E-state index in [0.717, 1.165) is 21.0 Å². The van der Waals surface area contributed by atoms with E-state index < -0.39 is 0 Å². The molecule has 2 rings (SSSR count). The molecule has 2 aromatic rings. The normalized spacial score (nSPS) is 12.7. The summed E-state index contributed by atoms with van der Waals surface area (Å²) in [5, 5.41) is 3.08. The van der Waals surface area contributed by atoms with E-state index in [1.807, 2.05) is 19.9 Å². The SMILES string of the molecule is Cc1cc(C)nc(SC(CN)c2cc(Br)cs2)n1. The molecule has 0 bridgehead atoms. The minimum absolute atomic E-state index is 0.211. The van der Waals surface area contributed by atoms with Crippen LogP contribution in [-0.2, 0) is 0 Å². The summed E-state index contributed by atoms with van der Waals surface area (Å²) in [4.78, 5) is 10.1. The molecule has 6 heteroatoms. The fourth-order valence-corrected chi connectivity index (χ4v) is 4.27. The highest BCUT2D eigenvalue weighted by atomic mass is 79.9. The van der Waals surface area contributed by atoms with Crippen molar-refractivity contribution in [3.63, 3.8) is 0 Å². The van der Waals surface area contributed by atoms with Gasteiger partial charge in [-0.05, 0) is 41.9 Å². The summed E-state index contributed by atoms with van der Waals surface area (Å²) in [6.07, 6.45) is 0. The smallest absolute Gasteiger partial charge is 0.188 e. The van der Waals surface area contributed by atoms with Crippen molar-refractivity contribution in [2.24, 2.45) is 5.73 Å². The number of nitrogens with zero attached hydrogens (tertiary/aromatic N) is 2. The first-order chi connectivity index (χ1) is 8.58. The molecule has 0 amide bonds. The molecule has 0 saturated carbocycles. The third kappa shape index (κ3) is 3.54. The first kappa shape index (κ1) is 14.0. The zero-order chi connectivity index (χ0) is 13.1. The molecule has 0 aliphatic heterocycles. The standard InChI is InChI=1S/C12H14BrN3S2/c1-7-3-8(2)16-12(15-7)18-11(5-14)10-4-9(13)6-17-10/h3-4,6,11H,5,14H2,1-2H3. The topological polar surface area (TPSA) is 51.8 Å². The highest BCUT2D eigenvalue weighted by molar-refractivity contribution is 9.10. The molecule has 2 heterocycles. The molecule has 0 radical (unpaired) electrons. The summed E-state index contributed by atoms with van der Waals surface area (Å²) in [5.41, 5.74) is 7.84. The lowest BCUT2D eigenvalue weighted by Crippen LogP contribution is -2.09. The highest BCUT2D eigenvalue weighted by Crippen LogP contribution is 2.37. The van der Waals surface area contributed by atoms with Crippen molar-refractivity contribution >= 4 is 39.0 Å². The van der Waals surface area contributed by atoms with Gasteiger partial charge in [0.25, 0.3) is 0 Å². The van der Waals surface area contributed by atoms with Gasteiger partial charge in [0.15, 0.2) is 5.16 Å². The van der Waals surface area contributed by atoms with Crippen molar-refractivity contribution in [1.82, 2.24) is 9.97 Å². The number of thiophene rings is 1. The van der Waals surface area contributed by atoms with Gasteiger partial charge in [0.05, 0.1) is 5.25 Å². The minimum atomic E-state index is 0.211. The Balaban J connectivity index is 2.20. The van der Waals surface area contributed by atoms with E-state index in [0.29, 0.717) is 6.54 Å². The van der Waals surface area contributed by atoms with Gasteiger partial charge in [0.2, 0.25) is 0 Å². The number of thioether (sulfide) groups is 1. The highest BCUT2D eigenvalue weighted by Gasteiger charge is 2.15. The molecular weight excluding hydrogens is 330 g/mol. The number of nitrogens with two attached hydrogens (primary N) is 1. The van der Waals surface area contributed by atoms with Crippen LogP contribution in [0.4, 0.5) is 0 Å². The quantitative estimate of drug-likeness (QED) is 0.679. The second-order valence-corrected chi connectivity index (χ2v) is 6.97. The second kappa shape index (κ2) is 6.14. The molecule has 18 heavy (non-hydrogen) atoms. The molecule has 2 aromatic heterocycles. The van der Waals surface area contributed by atoms with Gasteiger partial charge in [-0.25, -0.2) is 9.97 Å². The Morgan fingerprint density at radius 2 is 2.00 bits per heavy atom. The average Bonchev–Trinajstić information content (AvgIpc) is 2.71. The Hall–Kier alpha value is -0.430. The molecule has 3 nitrogen and oxygen atoms in total. The number of hydrogen-bond acceptors (Lipinski definition) is 5. The number of hydrogen-bond donors (Lipinski definition) is 1. The maximum atomic E-state index is 5.85. The van der Waals surface area contributed by atoms with Crippen LogP contribution in [-0.4, -0.2) is 16.5 Å². The predicted octanol–water partition coefficient (Wildman–Crippen LogP) is 3.71. The molecule has 0 aliphatic carbocycles. The van der Waals surface area contributed by atoms with E-state index in [2.05, 4.69) is 37.3 Å². The summed E-state index contributed by atoms with van der Waals surface area (Å²) >= 11 is 6.80. The van der Waals surface area contributed by atoms with Gasteiger partial charge in [-0.1, -0.05) is 11.8 Å². The van der Waals surface area contributed by atoms with Gasteiger partial charge < -0.3 is 5.73 Å². The number of halogens is 1. The van der Waals surface area contributed by atoms with Crippen LogP contribution in [0.15, 0.2) is 27.1 Å². The summed E-state index contributed by atoms with van der Waals surface area (Å²) in [7, 11) is 0. The van der Waals surface area contributed by atoms with Crippen molar-refractivity contribution in [3.05, 3.63) is 38.3 Å². The third-order valence-electron chi connectivity index (χ3n) is 2.33. The van der Waals surface area contributed by atoms with Crippen LogP contribution in [0, 0.1) is 13.8 Å². The first-order valence-corrected chi connectivity index (χ1v) is 8.06. The second-order valence-electron chi connectivity index (χ2n) is 3.94. The zero-order valence-electron chi connectivity index (χ0n) is 10.2. The largest absolute Gasteiger partial charge is 0.329 e. The lowest BCUT2D eigenvalue weighted by Gasteiger charge is -2.11. The van der Waals surface area contributed by atoms with E-state index in [9.17, 15) is 0 Å². The third-order valence-corrected chi connectivity index (χ3v) is 5.41. The Kier molecular flexibility index (Phi) is 4.77.